The number of rotatable bonds is 1. The molecule has 0 aromatic heterocycles. The molecule has 0 bridgehead atoms. The van der Waals surface area contributed by atoms with Gasteiger partial charge in [-0.25, -0.2) is 12.8 Å². The van der Waals surface area contributed by atoms with Gasteiger partial charge >= 0.3 is 0 Å². The molecule has 2 fully saturated rings. The summed E-state index contributed by atoms with van der Waals surface area (Å²) < 4.78 is 36.5. The van der Waals surface area contributed by atoms with Gasteiger partial charge in [0.05, 0.1) is 17.5 Å². The normalized spacial score (nSPS) is 28.7. The Labute approximate surface area is 111 Å². The summed E-state index contributed by atoms with van der Waals surface area (Å²) >= 11 is 0. The second-order valence-corrected chi connectivity index (χ2v) is 7.46. The van der Waals surface area contributed by atoms with Crippen LogP contribution in [0.2, 0.25) is 0 Å². The topological polar surface area (TPSA) is 54.5 Å². The quantitative estimate of drug-likeness (QED) is 0.780. The van der Waals surface area contributed by atoms with E-state index in [1.165, 1.54) is 12.1 Å². The van der Waals surface area contributed by atoms with Crippen molar-refractivity contribution < 1.29 is 17.6 Å². The maximum absolute atomic E-state index is 13.1. The number of nitrogens with zero attached hydrogens (tertiary/aromatic N) is 1. The van der Waals surface area contributed by atoms with Gasteiger partial charge in [-0.2, -0.15) is 0 Å². The zero-order chi connectivity index (χ0) is 13.8. The van der Waals surface area contributed by atoms with E-state index >= 15 is 0 Å². The number of hydrogen-bond donors (Lipinski definition) is 0. The summed E-state index contributed by atoms with van der Waals surface area (Å²) in [5.41, 5.74) is 1.27. The molecule has 2 saturated heterocycles. The van der Waals surface area contributed by atoms with E-state index in [1.54, 1.807) is 17.9 Å². The summed E-state index contributed by atoms with van der Waals surface area (Å²) in [6.45, 7) is 1.72. The number of fused-ring (bicyclic) bond motifs is 1. The molecule has 0 N–H and O–H groups in total. The van der Waals surface area contributed by atoms with Crippen LogP contribution in [0.5, 0.6) is 0 Å². The highest BCUT2D eigenvalue weighted by Gasteiger charge is 2.49. The van der Waals surface area contributed by atoms with Crippen LogP contribution < -0.4 is 4.90 Å². The highest BCUT2D eigenvalue weighted by Crippen LogP contribution is 2.38. The first-order valence-corrected chi connectivity index (χ1v) is 7.98. The lowest BCUT2D eigenvalue weighted by molar-refractivity contribution is -0.117. The molecule has 0 unspecified atom stereocenters. The molecule has 0 radical (unpaired) electrons. The molecule has 102 valence electrons. The fraction of sp³-hybridized carbons (Fsp3) is 0.462. The average molecular weight is 283 g/mol. The standard InChI is InChI=1S/C13H14FNO3S/c1-8-4-10(14)2-3-11(8)15-12-7-19(17,18)6-9(12)5-13(15)16/h2-4,9,12H,5-7H2,1H3/t9-,12-/m1/s1. The minimum atomic E-state index is -3.06. The third-order valence-electron chi connectivity index (χ3n) is 3.89. The minimum Gasteiger partial charge on any atom is -0.308 e. The zero-order valence-corrected chi connectivity index (χ0v) is 11.3. The Bertz CT molecular complexity index is 656. The molecule has 3 rings (SSSR count). The minimum absolute atomic E-state index is 0.0141. The molecule has 1 aromatic carbocycles. The van der Waals surface area contributed by atoms with Gasteiger partial charge in [-0.05, 0) is 30.7 Å². The van der Waals surface area contributed by atoms with Crippen molar-refractivity contribution in [1.82, 2.24) is 0 Å². The van der Waals surface area contributed by atoms with Crippen LogP contribution in [0.1, 0.15) is 12.0 Å². The third kappa shape index (κ3) is 2.04. The maximum atomic E-state index is 13.1. The molecular formula is C13H14FNO3S. The Balaban J connectivity index is 2.02. The summed E-state index contributed by atoms with van der Waals surface area (Å²) in [4.78, 5) is 13.6. The SMILES string of the molecule is Cc1cc(F)ccc1N1C(=O)C[C@@H]2CS(=O)(=O)C[C@H]21. The van der Waals surface area contributed by atoms with Gasteiger partial charge in [-0.15, -0.1) is 0 Å². The fourth-order valence-electron chi connectivity index (χ4n) is 3.09. The second-order valence-electron chi connectivity index (χ2n) is 5.30. The zero-order valence-electron chi connectivity index (χ0n) is 10.5. The second kappa shape index (κ2) is 4.03. The van der Waals surface area contributed by atoms with Crippen molar-refractivity contribution in [3.8, 4) is 0 Å². The predicted molar refractivity (Wildman–Crippen MR) is 69.2 cm³/mol. The van der Waals surface area contributed by atoms with Gasteiger partial charge in [0, 0.05) is 18.0 Å². The number of carbonyl (C=O) groups is 1. The molecule has 1 aromatic rings. The van der Waals surface area contributed by atoms with Crippen LogP contribution in [0.4, 0.5) is 10.1 Å². The number of hydrogen-bond acceptors (Lipinski definition) is 3. The Morgan fingerprint density at radius 2 is 2.05 bits per heavy atom. The lowest BCUT2D eigenvalue weighted by Gasteiger charge is -2.25. The number of amides is 1. The smallest absolute Gasteiger partial charge is 0.227 e. The van der Waals surface area contributed by atoms with Gasteiger partial charge in [0.2, 0.25) is 5.91 Å². The highest BCUT2D eigenvalue weighted by molar-refractivity contribution is 7.91. The van der Waals surface area contributed by atoms with Gasteiger partial charge in [-0.1, -0.05) is 0 Å². The van der Waals surface area contributed by atoms with Crippen molar-refractivity contribution in [2.45, 2.75) is 19.4 Å². The number of carbonyl (C=O) groups excluding carboxylic acids is 1. The molecular weight excluding hydrogens is 269 g/mol. The highest BCUT2D eigenvalue weighted by atomic mass is 32.2. The number of sulfone groups is 1. The van der Waals surface area contributed by atoms with Crippen molar-refractivity contribution in [3.05, 3.63) is 29.6 Å². The summed E-state index contributed by atoms with van der Waals surface area (Å²) in [7, 11) is -3.06. The number of anilines is 1. The van der Waals surface area contributed by atoms with Crippen molar-refractivity contribution in [3.63, 3.8) is 0 Å². The number of aryl methyl sites for hydroxylation is 1. The summed E-state index contributed by atoms with van der Waals surface area (Å²) in [5, 5.41) is 0. The van der Waals surface area contributed by atoms with Crippen LogP contribution in [-0.4, -0.2) is 31.9 Å². The molecule has 1 amide bonds. The van der Waals surface area contributed by atoms with E-state index in [0.29, 0.717) is 11.3 Å². The van der Waals surface area contributed by atoms with Crippen molar-refractivity contribution in [2.75, 3.05) is 16.4 Å². The Morgan fingerprint density at radius 1 is 1.32 bits per heavy atom. The van der Waals surface area contributed by atoms with E-state index in [-0.39, 0.29) is 41.6 Å². The molecule has 0 spiro atoms. The molecule has 2 aliphatic rings. The van der Waals surface area contributed by atoms with E-state index in [1.807, 2.05) is 0 Å². The van der Waals surface area contributed by atoms with E-state index in [4.69, 9.17) is 0 Å². The number of benzene rings is 1. The van der Waals surface area contributed by atoms with Crippen molar-refractivity contribution in [2.24, 2.45) is 5.92 Å². The first-order chi connectivity index (χ1) is 8.87. The number of halogens is 1. The molecule has 4 nitrogen and oxygen atoms in total. The first kappa shape index (κ1) is 12.6. The Morgan fingerprint density at radius 3 is 2.74 bits per heavy atom. The maximum Gasteiger partial charge on any atom is 0.227 e. The van der Waals surface area contributed by atoms with Crippen LogP contribution in [0.3, 0.4) is 0 Å². The first-order valence-electron chi connectivity index (χ1n) is 6.16. The third-order valence-corrected chi connectivity index (χ3v) is 5.68. The lowest BCUT2D eigenvalue weighted by Crippen LogP contribution is -2.36. The van der Waals surface area contributed by atoms with E-state index in [2.05, 4.69) is 0 Å². The molecule has 2 aliphatic heterocycles. The van der Waals surface area contributed by atoms with E-state index in [9.17, 15) is 17.6 Å². The summed E-state index contributed by atoms with van der Waals surface area (Å²) in [5.74, 6) is -0.453. The Hall–Kier alpha value is -1.43. The van der Waals surface area contributed by atoms with Gasteiger partial charge in [0.15, 0.2) is 9.84 Å². The summed E-state index contributed by atoms with van der Waals surface area (Å²) in [6, 6.07) is 3.92. The van der Waals surface area contributed by atoms with Crippen LogP contribution in [0.15, 0.2) is 18.2 Å². The molecule has 0 saturated carbocycles. The van der Waals surface area contributed by atoms with Crippen LogP contribution in [0, 0.1) is 18.7 Å². The van der Waals surface area contributed by atoms with Crippen LogP contribution >= 0.6 is 0 Å². The molecule has 19 heavy (non-hydrogen) atoms. The Kier molecular flexibility index (Phi) is 2.67. The van der Waals surface area contributed by atoms with Crippen molar-refractivity contribution in [1.29, 1.82) is 0 Å². The largest absolute Gasteiger partial charge is 0.308 e. The monoisotopic (exact) mass is 283 g/mol. The predicted octanol–water partition coefficient (Wildman–Crippen LogP) is 1.28. The average Bonchev–Trinajstić information content (AvgIpc) is 2.70. The van der Waals surface area contributed by atoms with Gasteiger partial charge in [0.1, 0.15) is 5.82 Å². The van der Waals surface area contributed by atoms with Gasteiger partial charge < -0.3 is 4.90 Å². The lowest BCUT2D eigenvalue weighted by atomic mass is 10.0. The molecule has 2 atom stereocenters. The van der Waals surface area contributed by atoms with E-state index in [0.717, 1.165) is 0 Å². The van der Waals surface area contributed by atoms with Crippen LogP contribution in [0.25, 0.3) is 0 Å². The molecule has 0 aliphatic carbocycles. The van der Waals surface area contributed by atoms with Crippen LogP contribution in [-0.2, 0) is 14.6 Å². The van der Waals surface area contributed by atoms with E-state index < -0.39 is 9.84 Å². The fourth-order valence-corrected chi connectivity index (χ4v) is 5.16. The van der Waals surface area contributed by atoms with Gasteiger partial charge in [0.25, 0.3) is 0 Å². The van der Waals surface area contributed by atoms with Gasteiger partial charge in [-0.3, -0.25) is 4.79 Å². The van der Waals surface area contributed by atoms with Crippen molar-refractivity contribution >= 4 is 21.4 Å². The molecule has 6 heteroatoms. The summed E-state index contributed by atoms with van der Waals surface area (Å²) in [6.07, 6.45) is 0.265. The molecule has 2 heterocycles.